The summed E-state index contributed by atoms with van der Waals surface area (Å²) < 4.78 is 0. The molecule has 0 radical (unpaired) electrons. The van der Waals surface area contributed by atoms with Gasteiger partial charge in [-0.2, -0.15) is 0 Å². The lowest BCUT2D eigenvalue weighted by Gasteiger charge is -2.43. The average Bonchev–Trinajstić information content (AvgIpc) is 2.35. The summed E-state index contributed by atoms with van der Waals surface area (Å²) in [5.41, 5.74) is 0.291. The molecule has 5 heteroatoms. The number of aromatic carboxylic acids is 1. The Labute approximate surface area is 107 Å². The minimum absolute atomic E-state index is 0.291. The molecule has 0 bridgehead atoms. The van der Waals surface area contributed by atoms with Crippen molar-refractivity contribution in [1.82, 2.24) is 9.88 Å². The third-order valence-electron chi connectivity index (χ3n) is 3.68. The van der Waals surface area contributed by atoms with E-state index in [0.29, 0.717) is 17.6 Å². The Morgan fingerprint density at radius 2 is 2.00 bits per heavy atom. The maximum atomic E-state index is 11.0. The Bertz CT molecular complexity index is 438. The molecular weight excluding hydrogens is 230 g/mol. The molecule has 98 valence electrons. The van der Waals surface area contributed by atoms with Crippen LogP contribution in [0.1, 0.15) is 24.2 Å². The number of rotatable bonds is 2. The van der Waals surface area contributed by atoms with Gasteiger partial charge >= 0.3 is 5.97 Å². The maximum absolute atomic E-state index is 11.0. The Balaban J connectivity index is 2.21. The van der Waals surface area contributed by atoms with Gasteiger partial charge in [0.2, 0.25) is 0 Å². The molecule has 18 heavy (non-hydrogen) atoms. The summed E-state index contributed by atoms with van der Waals surface area (Å²) >= 11 is 0. The van der Waals surface area contributed by atoms with E-state index in [1.807, 2.05) is 0 Å². The van der Waals surface area contributed by atoms with Gasteiger partial charge in [0.05, 0.1) is 5.56 Å². The molecule has 1 N–H and O–H groups in total. The highest BCUT2D eigenvalue weighted by molar-refractivity contribution is 5.88. The van der Waals surface area contributed by atoms with E-state index in [9.17, 15) is 4.79 Å². The quantitative estimate of drug-likeness (QED) is 0.856. The van der Waals surface area contributed by atoms with E-state index < -0.39 is 5.97 Å². The predicted octanol–water partition coefficient (Wildman–Crippen LogP) is 1.31. The van der Waals surface area contributed by atoms with Crippen molar-refractivity contribution in [3.05, 3.63) is 23.9 Å². The van der Waals surface area contributed by atoms with Gasteiger partial charge in [0.15, 0.2) is 0 Å². The summed E-state index contributed by atoms with van der Waals surface area (Å²) in [4.78, 5) is 19.7. The number of aromatic nitrogens is 1. The lowest BCUT2D eigenvalue weighted by Crippen LogP contribution is -2.55. The molecule has 1 aliphatic rings. The second-order valence-electron chi connectivity index (χ2n) is 4.98. The zero-order chi connectivity index (χ0) is 13.3. The first-order chi connectivity index (χ1) is 8.49. The van der Waals surface area contributed by atoms with Crippen LogP contribution in [-0.4, -0.2) is 53.2 Å². The summed E-state index contributed by atoms with van der Waals surface area (Å²) in [7, 11) is 2.12. The minimum Gasteiger partial charge on any atom is -0.478 e. The monoisotopic (exact) mass is 249 g/mol. The standard InChI is InChI=1S/C13H19N3O2/c1-9-7-16(8-10(2)15(9)3)12-6-11(13(17)18)4-5-14-12/h4-6,9-10H,7-8H2,1-3H3,(H,17,18). The highest BCUT2D eigenvalue weighted by Gasteiger charge is 2.27. The SMILES string of the molecule is CC1CN(c2cc(C(=O)O)ccn2)CC(C)N1C. The number of piperazine rings is 1. The zero-order valence-electron chi connectivity index (χ0n) is 11.0. The molecule has 0 amide bonds. The van der Waals surface area contributed by atoms with Crippen molar-refractivity contribution in [2.75, 3.05) is 25.0 Å². The molecule has 2 atom stereocenters. The molecular formula is C13H19N3O2. The summed E-state index contributed by atoms with van der Waals surface area (Å²) in [5, 5.41) is 9.00. The van der Waals surface area contributed by atoms with E-state index >= 15 is 0 Å². The number of hydrogen-bond donors (Lipinski definition) is 1. The summed E-state index contributed by atoms with van der Waals surface area (Å²) in [5.74, 6) is -0.157. The van der Waals surface area contributed by atoms with Gasteiger partial charge in [0, 0.05) is 31.4 Å². The third kappa shape index (κ3) is 2.46. The fourth-order valence-corrected chi connectivity index (χ4v) is 2.32. The van der Waals surface area contributed by atoms with Crippen molar-refractivity contribution in [1.29, 1.82) is 0 Å². The molecule has 0 aliphatic carbocycles. The van der Waals surface area contributed by atoms with Crippen LogP contribution in [0.25, 0.3) is 0 Å². The van der Waals surface area contributed by atoms with Crippen LogP contribution in [0.2, 0.25) is 0 Å². The maximum Gasteiger partial charge on any atom is 0.335 e. The smallest absolute Gasteiger partial charge is 0.335 e. The first-order valence-electron chi connectivity index (χ1n) is 6.15. The van der Waals surface area contributed by atoms with Gasteiger partial charge in [-0.15, -0.1) is 0 Å². The van der Waals surface area contributed by atoms with Crippen LogP contribution in [0, 0.1) is 0 Å². The van der Waals surface area contributed by atoms with Gasteiger partial charge in [-0.1, -0.05) is 0 Å². The average molecular weight is 249 g/mol. The van der Waals surface area contributed by atoms with Gasteiger partial charge in [-0.3, -0.25) is 4.90 Å². The van der Waals surface area contributed by atoms with E-state index in [1.165, 1.54) is 6.07 Å². The number of likely N-dealkylation sites (N-methyl/N-ethyl adjacent to an activating group) is 1. The number of carbonyl (C=O) groups is 1. The number of carboxylic acid groups (broad SMARTS) is 1. The Hall–Kier alpha value is -1.62. The van der Waals surface area contributed by atoms with Gasteiger partial charge < -0.3 is 10.0 Å². The Kier molecular flexibility index (Phi) is 3.52. The summed E-state index contributed by atoms with van der Waals surface area (Å²) in [6, 6.07) is 4.04. The predicted molar refractivity (Wildman–Crippen MR) is 70.1 cm³/mol. The molecule has 2 heterocycles. The van der Waals surface area contributed by atoms with Crippen molar-refractivity contribution >= 4 is 11.8 Å². The summed E-state index contributed by atoms with van der Waals surface area (Å²) in [6.45, 7) is 6.08. The summed E-state index contributed by atoms with van der Waals surface area (Å²) in [6.07, 6.45) is 1.56. The fourth-order valence-electron chi connectivity index (χ4n) is 2.32. The molecule has 5 nitrogen and oxygen atoms in total. The molecule has 1 aromatic heterocycles. The minimum atomic E-state index is -0.908. The molecule has 1 aromatic rings. The normalized spacial score (nSPS) is 25.2. The van der Waals surface area contributed by atoms with E-state index in [0.717, 1.165) is 18.9 Å². The van der Waals surface area contributed by atoms with Gasteiger partial charge in [0.1, 0.15) is 5.82 Å². The molecule has 0 spiro atoms. The number of anilines is 1. The second-order valence-corrected chi connectivity index (χ2v) is 4.98. The van der Waals surface area contributed by atoms with Gasteiger partial charge in [-0.05, 0) is 33.0 Å². The van der Waals surface area contributed by atoms with Crippen LogP contribution >= 0.6 is 0 Å². The van der Waals surface area contributed by atoms with Crippen LogP contribution < -0.4 is 4.90 Å². The van der Waals surface area contributed by atoms with Crippen LogP contribution in [-0.2, 0) is 0 Å². The first-order valence-corrected chi connectivity index (χ1v) is 6.15. The molecule has 1 saturated heterocycles. The van der Waals surface area contributed by atoms with Crippen LogP contribution in [0.15, 0.2) is 18.3 Å². The van der Waals surface area contributed by atoms with Crippen LogP contribution in [0.3, 0.4) is 0 Å². The molecule has 0 aromatic carbocycles. The van der Waals surface area contributed by atoms with Crippen LogP contribution in [0.5, 0.6) is 0 Å². The lowest BCUT2D eigenvalue weighted by atomic mass is 10.1. The van der Waals surface area contributed by atoms with Crippen LogP contribution in [0.4, 0.5) is 5.82 Å². The van der Waals surface area contributed by atoms with Crippen molar-refractivity contribution in [3.63, 3.8) is 0 Å². The van der Waals surface area contributed by atoms with Crippen molar-refractivity contribution in [3.8, 4) is 0 Å². The van der Waals surface area contributed by atoms with Crippen molar-refractivity contribution in [2.24, 2.45) is 0 Å². The Morgan fingerprint density at radius 3 is 2.56 bits per heavy atom. The largest absolute Gasteiger partial charge is 0.478 e. The number of hydrogen-bond acceptors (Lipinski definition) is 4. The lowest BCUT2D eigenvalue weighted by molar-refractivity contribution is 0.0697. The van der Waals surface area contributed by atoms with E-state index in [4.69, 9.17) is 5.11 Å². The van der Waals surface area contributed by atoms with E-state index in [2.05, 4.69) is 35.7 Å². The van der Waals surface area contributed by atoms with Gasteiger partial charge in [0.25, 0.3) is 0 Å². The molecule has 2 unspecified atom stereocenters. The molecule has 1 fully saturated rings. The highest BCUT2D eigenvalue weighted by atomic mass is 16.4. The Morgan fingerprint density at radius 1 is 1.39 bits per heavy atom. The topological polar surface area (TPSA) is 56.7 Å². The number of nitrogens with zero attached hydrogens (tertiary/aromatic N) is 3. The third-order valence-corrected chi connectivity index (χ3v) is 3.68. The van der Waals surface area contributed by atoms with Crippen molar-refractivity contribution in [2.45, 2.75) is 25.9 Å². The van der Waals surface area contributed by atoms with E-state index in [1.54, 1.807) is 12.3 Å². The molecule has 2 rings (SSSR count). The molecule has 1 aliphatic heterocycles. The fraction of sp³-hybridized carbons (Fsp3) is 0.538. The van der Waals surface area contributed by atoms with E-state index in [-0.39, 0.29) is 0 Å². The van der Waals surface area contributed by atoms with Gasteiger partial charge in [-0.25, -0.2) is 9.78 Å². The highest BCUT2D eigenvalue weighted by Crippen LogP contribution is 2.20. The first kappa shape index (κ1) is 12.8. The molecule has 0 saturated carbocycles. The van der Waals surface area contributed by atoms with Crippen molar-refractivity contribution < 1.29 is 9.90 Å². The number of carboxylic acids is 1. The number of pyridine rings is 1. The zero-order valence-corrected chi connectivity index (χ0v) is 11.0. The second kappa shape index (κ2) is 4.94.